The molecular weight excluding hydrogens is 498 g/mol. The smallest absolute Gasteiger partial charge is 0.410 e. The number of nitrogens with zero attached hydrogens (tertiary/aromatic N) is 3. The summed E-state index contributed by atoms with van der Waals surface area (Å²) in [6.07, 6.45) is 3.20. The first-order valence-electron chi connectivity index (χ1n) is 12.9. The average Bonchev–Trinajstić information content (AvgIpc) is 2.88. The van der Waals surface area contributed by atoms with Crippen LogP contribution in [0.25, 0.3) is 0 Å². The average molecular weight is 538 g/mol. The first-order chi connectivity index (χ1) is 18.4. The van der Waals surface area contributed by atoms with Crippen molar-refractivity contribution in [2.45, 2.75) is 65.5 Å². The monoisotopic (exact) mass is 537 g/mol. The second-order valence-corrected chi connectivity index (χ2v) is 9.91. The van der Waals surface area contributed by atoms with E-state index < -0.39 is 23.6 Å². The van der Waals surface area contributed by atoms with E-state index >= 15 is 0 Å². The summed E-state index contributed by atoms with van der Waals surface area (Å²) in [6.45, 7) is 10.2. The molecular formula is C28H39N7O4. The molecule has 2 aromatic rings. The van der Waals surface area contributed by atoms with Crippen molar-refractivity contribution in [2.75, 3.05) is 30.8 Å². The van der Waals surface area contributed by atoms with Gasteiger partial charge < -0.3 is 26.4 Å². The van der Waals surface area contributed by atoms with Crippen LogP contribution in [0.15, 0.2) is 30.5 Å². The van der Waals surface area contributed by atoms with Crippen molar-refractivity contribution >= 4 is 35.4 Å². The fraction of sp³-hybridized carbons (Fsp3) is 0.464. The zero-order valence-corrected chi connectivity index (χ0v) is 23.6. The molecule has 0 saturated carbocycles. The number of rotatable bonds is 11. The van der Waals surface area contributed by atoms with Gasteiger partial charge in [-0.15, -0.1) is 0 Å². The Morgan fingerprint density at radius 3 is 2.46 bits per heavy atom. The van der Waals surface area contributed by atoms with Crippen molar-refractivity contribution in [3.05, 3.63) is 41.6 Å². The maximum absolute atomic E-state index is 12.4. The van der Waals surface area contributed by atoms with Gasteiger partial charge >= 0.3 is 6.09 Å². The Morgan fingerprint density at radius 2 is 1.85 bits per heavy atom. The highest BCUT2D eigenvalue weighted by Crippen LogP contribution is 2.18. The van der Waals surface area contributed by atoms with Gasteiger partial charge in [0.15, 0.2) is 0 Å². The molecule has 0 bridgehead atoms. The van der Waals surface area contributed by atoms with Gasteiger partial charge in [0.05, 0.1) is 11.8 Å². The Morgan fingerprint density at radius 1 is 1.15 bits per heavy atom. The predicted octanol–water partition coefficient (Wildman–Crippen LogP) is 3.64. The summed E-state index contributed by atoms with van der Waals surface area (Å²) in [4.78, 5) is 46.0. The van der Waals surface area contributed by atoms with Crippen LogP contribution in [0, 0.1) is 11.8 Å². The van der Waals surface area contributed by atoms with Crippen LogP contribution in [0.2, 0.25) is 0 Å². The normalized spacial score (nSPS) is 11.4. The largest absolute Gasteiger partial charge is 0.444 e. The molecule has 210 valence electrons. The van der Waals surface area contributed by atoms with E-state index in [9.17, 15) is 14.4 Å². The molecule has 2 rings (SSSR count). The van der Waals surface area contributed by atoms with E-state index in [1.807, 2.05) is 0 Å². The highest BCUT2D eigenvalue weighted by atomic mass is 16.6. The number of anilines is 3. The summed E-state index contributed by atoms with van der Waals surface area (Å²) in [7, 11) is 1.54. The summed E-state index contributed by atoms with van der Waals surface area (Å²) < 4.78 is 5.31. The molecule has 0 aliphatic rings. The van der Waals surface area contributed by atoms with Crippen LogP contribution in [0.1, 0.15) is 69.8 Å². The number of likely N-dealkylation sites (N-methyl/N-ethyl adjacent to an activating group) is 1. The number of primary amides is 1. The van der Waals surface area contributed by atoms with E-state index in [0.717, 1.165) is 13.0 Å². The standard InChI is InChI=1S/C28H39N7O4/c1-7-16-30-24-21(18-32-26(34-24)33-22-14-12-20(13-15-22)23(29)36)11-9-8-10-17-31-25(37)19(2)35(6)27(38)39-28(3,4)5/h12-15,18-19H,7-8,10,16-17H2,1-6H3,(H2,29,36)(H,31,37)(H2,30,32,33,34)/t19-/m0/s1. The third-order valence-corrected chi connectivity index (χ3v) is 5.40. The van der Waals surface area contributed by atoms with Crippen LogP contribution in [0.5, 0.6) is 0 Å². The number of hydrogen-bond donors (Lipinski definition) is 4. The van der Waals surface area contributed by atoms with Gasteiger partial charge in [0.1, 0.15) is 17.5 Å². The van der Waals surface area contributed by atoms with Crippen molar-refractivity contribution in [1.29, 1.82) is 0 Å². The van der Waals surface area contributed by atoms with E-state index in [4.69, 9.17) is 10.5 Å². The lowest BCUT2D eigenvalue weighted by Crippen LogP contribution is -2.47. The first kappa shape index (κ1) is 30.9. The van der Waals surface area contributed by atoms with Crippen LogP contribution >= 0.6 is 0 Å². The summed E-state index contributed by atoms with van der Waals surface area (Å²) in [5.74, 6) is 6.45. The number of unbranched alkanes of at least 4 members (excludes halogenated alkanes) is 1. The second kappa shape index (κ2) is 14.6. The van der Waals surface area contributed by atoms with E-state index in [1.54, 1.807) is 58.2 Å². The number of amides is 3. The minimum atomic E-state index is -0.663. The maximum atomic E-state index is 12.4. The topological polar surface area (TPSA) is 152 Å². The SMILES string of the molecule is CCCNc1nc(Nc2ccc(C(N)=O)cc2)ncc1C#CCCCNC(=O)[C@H](C)N(C)C(=O)OC(C)(C)C. The Hall–Kier alpha value is -4.33. The number of hydrogen-bond acceptors (Lipinski definition) is 8. The lowest BCUT2D eigenvalue weighted by molar-refractivity contribution is -0.125. The van der Waals surface area contributed by atoms with Crippen molar-refractivity contribution in [1.82, 2.24) is 20.2 Å². The Kier molecular flexibility index (Phi) is 11.5. The third kappa shape index (κ3) is 10.5. The Balaban J connectivity index is 1.91. The van der Waals surface area contributed by atoms with Crippen molar-refractivity contribution in [3.8, 4) is 11.8 Å². The van der Waals surface area contributed by atoms with Gasteiger partial charge in [-0.25, -0.2) is 9.78 Å². The molecule has 1 aromatic carbocycles. The van der Waals surface area contributed by atoms with Gasteiger partial charge in [-0.2, -0.15) is 4.98 Å². The molecule has 5 N–H and O–H groups in total. The van der Waals surface area contributed by atoms with Gasteiger partial charge in [0.25, 0.3) is 0 Å². The molecule has 11 nitrogen and oxygen atoms in total. The quantitative estimate of drug-likeness (QED) is 0.250. The van der Waals surface area contributed by atoms with E-state index in [2.05, 4.69) is 44.7 Å². The number of aromatic nitrogens is 2. The highest BCUT2D eigenvalue weighted by Gasteiger charge is 2.26. The van der Waals surface area contributed by atoms with Gasteiger partial charge in [0, 0.05) is 37.8 Å². The molecule has 1 aromatic heterocycles. The van der Waals surface area contributed by atoms with E-state index in [0.29, 0.717) is 48.0 Å². The summed E-state index contributed by atoms with van der Waals surface area (Å²) in [6, 6.07) is 6.05. The molecule has 0 aliphatic heterocycles. The Bertz CT molecular complexity index is 1200. The van der Waals surface area contributed by atoms with Gasteiger partial charge in [-0.1, -0.05) is 18.8 Å². The lowest BCUT2D eigenvalue weighted by atomic mass is 10.2. The van der Waals surface area contributed by atoms with Gasteiger partial charge in [-0.3, -0.25) is 14.5 Å². The molecule has 1 heterocycles. The predicted molar refractivity (Wildman–Crippen MR) is 152 cm³/mol. The van der Waals surface area contributed by atoms with Crippen LogP contribution in [-0.2, 0) is 9.53 Å². The molecule has 3 amide bonds. The van der Waals surface area contributed by atoms with E-state index in [-0.39, 0.29) is 5.91 Å². The van der Waals surface area contributed by atoms with Crippen LogP contribution in [-0.4, -0.2) is 64.6 Å². The fourth-order valence-corrected chi connectivity index (χ4v) is 3.12. The molecule has 1 atom stereocenters. The summed E-state index contributed by atoms with van der Waals surface area (Å²) in [5, 5.41) is 9.21. The number of nitrogens with two attached hydrogens (primary N) is 1. The molecule has 39 heavy (non-hydrogen) atoms. The molecule has 0 saturated heterocycles. The fourth-order valence-electron chi connectivity index (χ4n) is 3.12. The lowest BCUT2D eigenvalue weighted by Gasteiger charge is -2.28. The van der Waals surface area contributed by atoms with Crippen molar-refractivity contribution < 1.29 is 19.1 Å². The van der Waals surface area contributed by atoms with Crippen LogP contribution < -0.4 is 21.7 Å². The van der Waals surface area contributed by atoms with Crippen molar-refractivity contribution in [2.24, 2.45) is 5.73 Å². The Labute approximate surface area is 230 Å². The number of ether oxygens (including phenoxy) is 1. The number of benzene rings is 1. The minimum absolute atomic E-state index is 0.261. The second-order valence-electron chi connectivity index (χ2n) is 9.91. The van der Waals surface area contributed by atoms with Gasteiger partial charge in [0.2, 0.25) is 17.8 Å². The van der Waals surface area contributed by atoms with Crippen LogP contribution in [0.4, 0.5) is 22.2 Å². The number of carbonyl (C=O) groups excluding carboxylic acids is 3. The first-order valence-corrected chi connectivity index (χ1v) is 12.9. The molecule has 0 radical (unpaired) electrons. The molecule has 0 spiro atoms. The number of carbonyl (C=O) groups is 3. The summed E-state index contributed by atoms with van der Waals surface area (Å²) >= 11 is 0. The van der Waals surface area contributed by atoms with E-state index in [1.165, 1.54) is 11.9 Å². The molecule has 0 fully saturated rings. The van der Waals surface area contributed by atoms with Gasteiger partial charge in [-0.05, 0) is 64.8 Å². The molecule has 0 aliphatic carbocycles. The zero-order valence-electron chi connectivity index (χ0n) is 23.6. The zero-order chi connectivity index (χ0) is 29.0. The van der Waals surface area contributed by atoms with Crippen molar-refractivity contribution in [3.63, 3.8) is 0 Å². The third-order valence-electron chi connectivity index (χ3n) is 5.40. The summed E-state index contributed by atoms with van der Waals surface area (Å²) in [5.41, 5.74) is 6.45. The maximum Gasteiger partial charge on any atom is 0.410 e. The number of nitrogens with one attached hydrogen (secondary N) is 3. The molecule has 11 heteroatoms. The minimum Gasteiger partial charge on any atom is -0.444 e. The highest BCUT2D eigenvalue weighted by molar-refractivity contribution is 5.93. The van der Waals surface area contributed by atoms with Crippen LogP contribution in [0.3, 0.4) is 0 Å². The molecule has 0 unspecified atom stereocenters.